The maximum Gasteiger partial charge on any atom is 0.251 e. The monoisotopic (exact) mass is 379 g/mol. The third-order valence-electron chi connectivity index (χ3n) is 3.21. The van der Waals surface area contributed by atoms with Gasteiger partial charge in [-0.2, -0.15) is 0 Å². The normalized spacial score (nSPS) is 20.7. The lowest BCUT2D eigenvalue weighted by atomic mass is 10.0. The predicted molar refractivity (Wildman–Crippen MR) is 80.0 cm³/mol. The van der Waals surface area contributed by atoms with E-state index in [9.17, 15) is 4.79 Å². The molecule has 1 aliphatic heterocycles. The molecule has 0 aliphatic carbocycles. The summed E-state index contributed by atoms with van der Waals surface area (Å²) >= 11 is 8.15. The van der Waals surface area contributed by atoms with Gasteiger partial charge in [0, 0.05) is 27.7 Å². The lowest BCUT2D eigenvalue weighted by Crippen LogP contribution is -2.38. The van der Waals surface area contributed by atoms with E-state index in [2.05, 4.69) is 27.9 Å². The summed E-state index contributed by atoms with van der Waals surface area (Å²) in [5, 5.41) is 3.62. The number of carbonyl (C=O) groups excluding carboxylic acids is 1. The van der Waals surface area contributed by atoms with Crippen molar-refractivity contribution >= 4 is 40.1 Å². The van der Waals surface area contributed by atoms with E-state index in [1.807, 2.05) is 13.0 Å². The van der Waals surface area contributed by atoms with Gasteiger partial charge in [-0.3, -0.25) is 4.79 Å². The summed E-state index contributed by atoms with van der Waals surface area (Å²) in [5.74, 6) is 0.334. The van der Waals surface area contributed by atoms with Crippen LogP contribution in [0.15, 0.2) is 18.2 Å². The zero-order chi connectivity index (χ0) is 13.1. The SMILES string of the molecule is CC(NC(=O)c1ccc(I)c(Cl)c1)C1CCOC1. The number of ether oxygens (including phenoxy) is 1. The van der Waals surface area contributed by atoms with Crippen molar-refractivity contribution in [2.75, 3.05) is 13.2 Å². The smallest absolute Gasteiger partial charge is 0.251 e. The molecule has 1 N–H and O–H groups in total. The Kier molecular flexibility index (Phi) is 4.86. The van der Waals surface area contributed by atoms with Gasteiger partial charge in [0.2, 0.25) is 0 Å². The van der Waals surface area contributed by atoms with Gasteiger partial charge < -0.3 is 10.1 Å². The maximum absolute atomic E-state index is 12.1. The van der Waals surface area contributed by atoms with Gasteiger partial charge in [0.1, 0.15) is 0 Å². The lowest BCUT2D eigenvalue weighted by molar-refractivity contribution is 0.0922. The molecule has 0 bridgehead atoms. The second-order valence-corrected chi connectivity index (χ2v) is 6.08. The van der Waals surface area contributed by atoms with Crippen molar-refractivity contribution in [2.24, 2.45) is 5.92 Å². The summed E-state index contributed by atoms with van der Waals surface area (Å²) in [5.41, 5.74) is 0.603. The molecular formula is C13H15ClINO2. The number of amides is 1. The molecule has 1 aliphatic rings. The Hall–Kier alpha value is -0.330. The molecule has 2 unspecified atom stereocenters. The number of halogens is 2. The minimum absolute atomic E-state index is 0.0762. The Morgan fingerprint density at radius 1 is 1.61 bits per heavy atom. The van der Waals surface area contributed by atoms with Crippen molar-refractivity contribution < 1.29 is 9.53 Å². The number of nitrogens with one attached hydrogen (secondary N) is 1. The van der Waals surface area contributed by atoms with Crippen LogP contribution in [0.25, 0.3) is 0 Å². The van der Waals surface area contributed by atoms with Crippen LogP contribution in [0.3, 0.4) is 0 Å². The molecule has 1 fully saturated rings. The zero-order valence-electron chi connectivity index (χ0n) is 10.1. The minimum Gasteiger partial charge on any atom is -0.381 e. The molecule has 98 valence electrons. The fraction of sp³-hybridized carbons (Fsp3) is 0.462. The highest BCUT2D eigenvalue weighted by atomic mass is 127. The molecule has 1 saturated heterocycles. The van der Waals surface area contributed by atoms with E-state index >= 15 is 0 Å². The molecule has 0 spiro atoms. The number of carbonyl (C=O) groups is 1. The van der Waals surface area contributed by atoms with Gasteiger partial charge in [-0.15, -0.1) is 0 Å². The number of rotatable bonds is 3. The van der Waals surface area contributed by atoms with Gasteiger partial charge in [-0.1, -0.05) is 11.6 Å². The van der Waals surface area contributed by atoms with Gasteiger partial charge in [-0.25, -0.2) is 0 Å². The highest BCUT2D eigenvalue weighted by molar-refractivity contribution is 14.1. The molecule has 18 heavy (non-hydrogen) atoms. The van der Waals surface area contributed by atoms with E-state index < -0.39 is 0 Å². The standard InChI is InChI=1S/C13H15ClINO2/c1-8(10-4-5-18-7-10)16-13(17)9-2-3-12(15)11(14)6-9/h2-3,6,8,10H,4-5,7H2,1H3,(H,16,17). The van der Waals surface area contributed by atoms with E-state index in [1.165, 1.54) is 0 Å². The van der Waals surface area contributed by atoms with Crippen LogP contribution in [0, 0.1) is 9.49 Å². The lowest BCUT2D eigenvalue weighted by Gasteiger charge is -2.19. The first-order chi connectivity index (χ1) is 8.58. The Morgan fingerprint density at radius 3 is 3.00 bits per heavy atom. The Bertz CT molecular complexity index is 447. The van der Waals surface area contributed by atoms with Crippen LogP contribution in [0.2, 0.25) is 5.02 Å². The van der Waals surface area contributed by atoms with Crippen LogP contribution in [-0.2, 0) is 4.74 Å². The summed E-state index contributed by atoms with van der Waals surface area (Å²) < 4.78 is 6.27. The summed E-state index contributed by atoms with van der Waals surface area (Å²) in [7, 11) is 0. The molecular weight excluding hydrogens is 365 g/mol. The molecule has 0 aromatic heterocycles. The van der Waals surface area contributed by atoms with Crippen molar-refractivity contribution in [2.45, 2.75) is 19.4 Å². The van der Waals surface area contributed by atoms with Crippen LogP contribution in [0.4, 0.5) is 0 Å². The van der Waals surface area contributed by atoms with Crippen molar-refractivity contribution in [3.63, 3.8) is 0 Å². The molecule has 3 nitrogen and oxygen atoms in total. The van der Waals surface area contributed by atoms with Crippen molar-refractivity contribution in [1.29, 1.82) is 0 Å². The summed E-state index contributed by atoms with van der Waals surface area (Å²) in [6, 6.07) is 5.47. The van der Waals surface area contributed by atoms with Gasteiger partial charge in [0.25, 0.3) is 5.91 Å². The summed E-state index contributed by atoms with van der Waals surface area (Å²) in [6.07, 6.45) is 1.01. The number of hydrogen-bond acceptors (Lipinski definition) is 2. The average molecular weight is 380 g/mol. The second-order valence-electron chi connectivity index (χ2n) is 4.51. The molecule has 5 heteroatoms. The third kappa shape index (κ3) is 3.36. The van der Waals surface area contributed by atoms with Crippen LogP contribution in [0.5, 0.6) is 0 Å². The van der Waals surface area contributed by atoms with Crippen LogP contribution in [0.1, 0.15) is 23.7 Å². The van der Waals surface area contributed by atoms with Crippen LogP contribution in [-0.4, -0.2) is 25.2 Å². The van der Waals surface area contributed by atoms with Gasteiger partial charge in [0.05, 0.1) is 11.6 Å². The molecule has 1 aromatic rings. The van der Waals surface area contributed by atoms with Crippen molar-refractivity contribution in [3.05, 3.63) is 32.4 Å². The highest BCUT2D eigenvalue weighted by Crippen LogP contribution is 2.20. The predicted octanol–water partition coefficient (Wildman–Crippen LogP) is 3.10. The third-order valence-corrected chi connectivity index (χ3v) is 4.78. The van der Waals surface area contributed by atoms with Gasteiger partial charge in [-0.05, 0) is 54.1 Å². The Morgan fingerprint density at radius 2 is 2.39 bits per heavy atom. The van der Waals surface area contributed by atoms with E-state index in [-0.39, 0.29) is 11.9 Å². The average Bonchev–Trinajstić information content (AvgIpc) is 2.86. The summed E-state index contributed by atoms with van der Waals surface area (Å²) in [4.78, 5) is 12.1. The molecule has 2 rings (SSSR count). The van der Waals surface area contributed by atoms with Crippen LogP contribution >= 0.6 is 34.2 Å². The fourth-order valence-electron chi connectivity index (χ4n) is 1.99. The topological polar surface area (TPSA) is 38.3 Å². The number of benzene rings is 1. The van der Waals surface area contributed by atoms with Gasteiger partial charge >= 0.3 is 0 Å². The first-order valence-corrected chi connectivity index (χ1v) is 7.37. The first-order valence-electron chi connectivity index (χ1n) is 5.91. The molecule has 1 aromatic carbocycles. The van der Waals surface area contributed by atoms with Crippen LogP contribution < -0.4 is 5.32 Å². The fourth-order valence-corrected chi connectivity index (χ4v) is 2.51. The molecule has 0 saturated carbocycles. The molecule has 1 amide bonds. The maximum atomic E-state index is 12.1. The van der Waals surface area contributed by atoms with Gasteiger partial charge in [0.15, 0.2) is 0 Å². The second kappa shape index (κ2) is 6.21. The Labute approximate surface area is 125 Å². The largest absolute Gasteiger partial charge is 0.381 e. The highest BCUT2D eigenvalue weighted by Gasteiger charge is 2.23. The van der Waals surface area contributed by atoms with Crippen molar-refractivity contribution in [3.8, 4) is 0 Å². The quantitative estimate of drug-likeness (QED) is 0.820. The minimum atomic E-state index is -0.0762. The van der Waals surface area contributed by atoms with E-state index in [0.29, 0.717) is 16.5 Å². The van der Waals surface area contributed by atoms with E-state index in [1.54, 1.807) is 12.1 Å². The molecule has 1 heterocycles. The number of hydrogen-bond donors (Lipinski definition) is 1. The molecule has 2 atom stereocenters. The van der Waals surface area contributed by atoms with E-state index in [4.69, 9.17) is 16.3 Å². The zero-order valence-corrected chi connectivity index (χ0v) is 13.0. The molecule has 0 radical (unpaired) electrons. The van der Waals surface area contributed by atoms with E-state index in [0.717, 1.165) is 23.2 Å². The Balaban J connectivity index is 2.00. The summed E-state index contributed by atoms with van der Waals surface area (Å²) in [6.45, 7) is 3.54. The van der Waals surface area contributed by atoms with Crippen molar-refractivity contribution in [1.82, 2.24) is 5.32 Å². The first kappa shape index (κ1) is 14.1.